The fraction of sp³-hybridized carbons (Fsp3) is 0.304. The molecule has 29 heavy (non-hydrogen) atoms. The third kappa shape index (κ3) is 5.38. The average molecular weight is 395 g/mol. The zero-order valence-corrected chi connectivity index (χ0v) is 16.7. The second-order valence-electron chi connectivity index (χ2n) is 6.74. The smallest absolute Gasteiger partial charge is 0.257 e. The highest BCUT2D eigenvalue weighted by molar-refractivity contribution is 5.80. The van der Waals surface area contributed by atoms with Crippen LogP contribution >= 0.6 is 0 Å². The van der Waals surface area contributed by atoms with Crippen molar-refractivity contribution in [3.63, 3.8) is 0 Å². The fourth-order valence-electron chi connectivity index (χ4n) is 2.89. The van der Waals surface area contributed by atoms with Crippen LogP contribution in [0.1, 0.15) is 31.9 Å². The number of aryl methyl sites for hydroxylation is 1. The van der Waals surface area contributed by atoms with Gasteiger partial charge in [0.1, 0.15) is 22.8 Å². The predicted molar refractivity (Wildman–Crippen MR) is 112 cm³/mol. The van der Waals surface area contributed by atoms with Gasteiger partial charge >= 0.3 is 0 Å². The molecule has 152 valence electrons. The molecule has 1 N–H and O–H groups in total. The van der Waals surface area contributed by atoms with Crippen LogP contribution in [0.3, 0.4) is 0 Å². The van der Waals surface area contributed by atoms with E-state index in [9.17, 15) is 9.59 Å². The van der Waals surface area contributed by atoms with Crippen LogP contribution in [0.5, 0.6) is 17.2 Å². The number of ether oxygens (including phenoxy) is 2. The van der Waals surface area contributed by atoms with E-state index in [-0.39, 0.29) is 23.7 Å². The first-order chi connectivity index (χ1) is 14.1. The minimum absolute atomic E-state index is 0.0873. The average Bonchev–Trinajstić information content (AvgIpc) is 2.73. The van der Waals surface area contributed by atoms with Gasteiger partial charge in [0.2, 0.25) is 11.2 Å². The van der Waals surface area contributed by atoms with Gasteiger partial charge in [-0.25, -0.2) is 0 Å². The Balaban J connectivity index is 1.71. The molecule has 0 aliphatic heterocycles. The Bertz CT molecular complexity index is 1030. The Kier molecular flexibility index (Phi) is 6.89. The molecule has 0 saturated heterocycles. The number of amides is 1. The summed E-state index contributed by atoms with van der Waals surface area (Å²) in [5, 5.41) is 3.21. The second kappa shape index (κ2) is 9.78. The van der Waals surface area contributed by atoms with Gasteiger partial charge in [-0.15, -0.1) is 0 Å². The zero-order valence-electron chi connectivity index (χ0n) is 16.7. The van der Waals surface area contributed by atoms with Gasteiger partial charge in [-0.3, -0.25) is 9.59 Å². The molecule has 0 spiro atoms. The second-order valence-corrected chi connectivity index (χ2v) is 6.74. The molecular weight excluding hydrogens is 370 g/mol. The van der Waals surface area contributed by atoms with Crippen molar-refractivity contribution >= 4 is 16.9 Å². The summed E-state index contributed by atoms with van der Waals surface area (Å²) < 4.78 is 17.0. The molecule has 0 saturated carbocycles. The van der Waals surface area contributed by atoms with Crippen LogP contribution in [0, 0.1) is 6.92 Å². The molecule has 6 nitrogen and oxygen atoms in total. The van der Waals surface area contributed by atoms with Crippen molar-refractivity contribution < 1.29 is 18.7 Å². The van der Waals surface area contributed by atoms with E-state index in [1.54, 1.807) is 37.3 Å². The fourth-order valence-corrected chi connectivity index (χ4v) is 2.89. The van der Waals surface area contributed by atoms with E-state index in [0.29, 0.717) is 34.8 Å². The number of hydrogen-bond donors (Lipinski definition) is 1. The highest BCUT2D eigenvalue weighted by Gasteiger charge is 2.14. The summed E-state index contributed by atoms with van der Waals surface area (Å²) >= 11 is 0. The lowest BCUT2D eigenvalue weighted by Gasteiger charge is -2.10. The van der Waals surface area contributed by atoms with Gasteiger partial charge in [0.05, 0.1) is 5.39 Å². The van der Waals surface area contributed by atoms with Gasteiger partial charge in [0.25, 0.3) is 5.91 Å². The maximum atomic E-state index is 12.8. The van der Waals surface area contributed by atoms with Crippen molar-refractivity contribution in [2.45, 2.75) is 33.1 Å². The molecule has 3 aromatic rings. The monoisotopic (exact) mass is 395 g/mol. The van der Waals surface area contributed by atoms with Gasteiger partial charge < -0.3 is 19.2 Å². The van der Waals surface area contributed by atoms with Crippen LogP contribution in [-0.2, 0) is 4.79 Å². The van der Waals surface area contributed by atoms with Crippen molar-refractivity contribution in [3.8, 4) is 17.2 Å². The Morgan fingerprint density at radius 1 is 1.07 bits per heavy atom. The number of nitrogens with one attached hydrogen (secondary N) is 1. The molecule has 2 aromatic carbocycles. The van der Waals surface area contributed by atoms with Crippen molar-refractivity contribution in [3.05, 3.63) is 64.5 Å². The summed E-state index contributed by atoms with van der Waals surface area (Å²) in [7, 11) is 0. The number of carbonyl (C=O) groups excluding carboxylic acids is 1. The topological polar surface area (TPSA) is 77.8 Å². The lowest BCUT2D eigenvalue weighted by atomic mass is 10.2. The van der Waals surface area contributed by atoms with E-state index in [2.05, 4.69) is 12.2 Å². The maximum Gasteiger partial charge on any atom is 0.257 e. The molecule has 0 bridgehead atoms. The first-order valence-corrected chi connectivity index (χ1v) is 9.78. The first-order valence-electron chi connectivity index (χ1n) is 9.78. The summed E-state index contributed by atoms with van der Waals surface area (Å²) in [6, 6.07) is 13.9. The zero-order chi connectivity index (χ0) is 20.6. The molecule has 1 heterocycles. The molecule has 0 unspecified atom stereocenters. The third-order valence-electron chi connectivity index (χ3n) is 4.42. The van der Waals surface area contributed by atoms with Crippen LogP contribution in [-0.4, -0.2) is 19.1 Å². The number of para-hydroxylation sites is 1. The number of fused-ring (bicyclic) bond motifs is 1. The normalized spacial score (nSPS) is 10.7. The Labute approximate surface area is 169 Å². The van der Waals surface area contributed by atoms with E-state index in [1.165, 1.54) is 0 Å². The number of carbonyl (C=O) groups is 1. The molecule has 6 heteroatoms. The highest BCUT2D eigenvalue weighted by Crippen LogP contribution is 2.27. The van der Waals surface area contributed by atoms with Crippen LogP contribution in [0.2, 0.25) is 0 Å². The highest BCUT2D eigenvalue weighted by atomic mass is 16.5. The molecule has 0 radical (unpaired) electrons. The summed E-state index contributed by atoms with van der Waals surface area (Å²) in [6.45, 7) is 4.35. The van der Waals surface area contributed by atoms with E-state index < -0.39 is 0 Å². The lowest BCUT2D eigenvalue weighted by molar-refractivity contribution is -0.123. The van der Waals surface area contributed by atoms with Crippen molar-refractivity contribution in [1.82, 2.24) is 5.32 Å². The van der Waals surface area contributed by atoms with Crippen LogP contribution < -0.4 is 20.2 Å². The van der Waals surface area contributed by atoms with Gasteiger partial charge in [-0.1, -0.05) is 38.0 Å². The van der Waals surface area contributed by atoms with Crippen LogP contribution in [0.25, 0.3) is 11.0 Å². The van der Waals surface area contributed by atoms with E-state index in [1.807, 2.05) is 18.2 Å². The summed E-state index contributed by atoms with van der Waals surface area (Å²) in [6.07, 6.45) is 3.14. The first kappa shape index (κ1) is 20.5. The molecule has 0 aliphatic rings. The Morgan fingerprint density at radius 3 is 2.62 bits per heavy atom. The summed E-state index contributed by atoms with van der Waals surface area (Å²) in [5.74, 6) is 1.37. The van der Waals surface area contributed by atoms with Gasteiger partial charge in [-0.05, 0) is 37.6 Å². The quantitative estimate of drug-likeness (QED) is 0.537. The Morgan fingerprint density at radius 2 is 1.86 bits per heavy atom. The van der Waals surface area contributed by atoms with E-state index in [4.69, 9.17) is 13.9 Å². The van der Waals surface area contributed by atoms with Crippen molar-refractivity contribution in [2.24, 2.45) is 0 Å². The predicted octanol–water partition coefficient (Wildman–Crippen LogP) is 4.58. The van der Waals surface area contributed by atoms with Crippen molar-refractivity contribution in [2.75, 3.05) is 13.2 Å². The third-order valence-corrected chi connectivity index (χ3v) is 4.42. The Hall–Kier alpha value is -3.28. The lowest BCUT2D eigenvalue weighted by Crippen LogP contribution is -2.29. The van der Waals surface area contributed by atoms with Crippen LogP contribution in [0.4, 0.5) is 0 Å². The molecule has 1 amide bonds. The summed E-state index contributed by atoms with van der Waals surface area (Å²) in [5.41, 5.74) is 0.126. The molecule has 0 aliphatic carbocycles. The largest absolute Gasteiger partial charge is 0.484 e. The SMILES string of the molecule is CCCCCNC(=O)COc1ccc2c(=O)c(Oc3ccccc3)c(C)oc2c1. The van der Waals surface area contributed by atoms with E-state index >= 15 is 0 Å². The number of rotatable bonds is 9. The molecule has 1 aromatic heterocycles. The van der Waals surface area contributed by atoms with E-state index in [0.717, 1.165) is 19.3 Å². The molecular formula is C23H25NO5. The van der Waals surface area contributed by atoms with Crippen LogP contribution in [0.15, 0.2) is 57.7 Å². The van der Waals surface area contributed by atoms with Crippen molar-refractivity contribution in [1.29, 1.82) is 0 Å². The summed E-state index contributed by atoms with van der Waals surface area (Å²) in [4.78, 5) is 24.7. The molecule has 0 fully saturated rings. The van der Waals surface area contributed by atoms with Gasteiger partial charge in [-0.2, -0.15) is 0 Å². The molecule has 0 atom stereocenters. The van der Waals surface area contributed by atoms with Gasteiger partial charge in [0, 0.05) is 12.6 Å². The minimum atomic E-state index is -0.257. The number of benzene rings is 2. The number of unbranched alkanes of at least 4 members (excludes halogenated alkanes) is 2. The standard InChI is InChI=1S/C23H25NO5/c1-3-4-8-13-24-21(25)15-27-18-11-12-19-20(14-18)28-16(2)23(22(19)26)29-17-9-6-5-7-10-17/h5-7,9-12,14H,3-4,8,13,15H2,1-2H3,(H,24,25). The minimum Gasteiger partial charge on any atom is -0.484 e. The number of hydrogen-bond acceptors (Lipinski definition) is 5. The van der Waals surface area contributed by atoms with Gasteiger partial charge in [0.15, 0.2) is 6.61 Å². The maximum absolute atomic E-state index is 12.8. The molecule has 3 rings (SSSR count).